The van der Waals surface area contributed by atoms with Gasteiger partial charge in [-0.05, 0) is 68.8 Å². The summed E-state index contributed by atoms with van der Waals surface area (Å²) >= 11 is 0. The van der Waals surface area contributed by atoms with Crippen LogP contribution in [0.5, 0.6) is 0 Å². The molecule has 2 heterocycles. The molecule has 0 radical (unpaired) electrons. The summed E-state index contributed by atoms with van der Waals surface area (Å²) in [5.41, 5.74) is 5.35. The van der Waals surface area contributed by atoms with Gasteiger partial charge in [0, 0.05) is 47.5 Å². The maximum absolute atomic E-state index is 12.9. The van der Waals surface area contributed by atoms with Crippen LogP contribution in [0.15, 0.2) is 66.7 Å². The van der Waals surface area contributed by atoms with Gasteiger partial charge in [-0.2, -0.15) is 0 Å². The maximum atomic E-state index is 12.9. The summed E-state index contributed by atoms with van der Waals surface area (Å²) in [4.78, 5) is 14.8. The van der Waals surface area contributed by atoms with Gasteiger partial charge >= 0.3 is 0 Å². The lowest BCUT2D eigenvalue weighted by molar-refractivity contribution is 0.0791. The Hall–Kier alpha value is -3.01. The predicted octanol–water partition coefficient (Wildman–Crippen LogP) is 4.42. The Bertz CT molecular complexity index is 909. The molecule has 3 aromatic rings. The van der Waals surface area contributed by atoms with Crippen LogP contribution in [-0.4, -0.2) is 34.5 Å². The smallest absolute Gasteiger partial charge is 0.253 e. The summed E-state index contributed by atoms with van der Waals surface area (Å²) in [6.07, 6.45) is 0.973. The van der Waals surface area contributed by atoms with Crippen molar-refractivity contribution in [3.05, 3.63) is 83.7 Å². The van der Waals surface area contributed by atoms with E-state index >= 15 is 0 Å². The van der Waals surface area contributed by atoms with Gasteiger partial charge in [0.2, 0.25) is 0 Å². The van der Waals surface area contributed by atoms with Gasteiger partial charge in [0.05, 0.1) is 0 Å². The third-order valence-corrected chi connectivity index (χ3v) is 5.26. The second kappa shape index (κ2) is 7.31. The van der Waals surface area contributed by atoms with E-state index in [0.717, 1.165) is 36.4 Å². The predicted molar refractivity (Wildman–Crippen MR) is 110 cm³/mol. The van der Waals surface area contributed by atoms with Gasteiger partial charge in [-0.25, -0.2) is 0 Å². The molecule has 4 rings (SSSR count). The van der Waals surface area contributed by atoms with Crippen molar-refractivity contribution in [2.45, 2.75) is 26.3 Å². The van der Waals surface area contributed by atoms with Gasteiger partial charge < -0.3 is 14.8 Å². The fourth-order valence-electron chi connectivity index (χ4n) is 3.84. The number of amides is 1. The number of hydrogen-bond donors (Lipinski definition) is 1. The average molecular weight is 359 g/mol. The Kier molecular flexibility index (Phi) is 4.71. The highest BCUT2D eigenvalue weighted by Gasteiger charge is 2.26. The molecule has 1 unspecified atom stereocenters. The van der Waals surface area contributed by atoms with E-state index in [4.69, 9.17) is 0 Å². The molecular weight excluding hydrogens is 334 g/mol. The molecule has 1 saturated heterocycles. The van der Waals surface area contributed by atoms with E-state index < -0.39 is 0 Å². The highest BCUT2D eigenvalue weighted by molar-refractivity contribution is 5.94. The van der Waals surface area contributed by atoms with Gasteiger partial charge in [0.25, 0.3) is 5.91 Å². The minimum atomic E-state index is 0.111. The number of benzene rings is 2. The van der Waals surface area contributed by atoms with Crippen molar-refractivity contribution in [2.24, 2.45) is 0 Å². The van der Waals surface area contributed by atoms with E-state index in [1.165, 1.54) is 11.4 Å². The third kappa shape index (κ3) is 3.61. The van der Waals surface area contributed by atoms with Crippen LogP contribution in [0.25, 0.3) is 5.69 Å². The number of rotatable bonds is 4. The molecule has 1 aromatic heterocycles. The second-order valence-corrected chi connectivity index (χ2v) is 7.25. The first-order chi connectivity index (χ1) is 13.1. The maximum Gasteiger partial charge on any atom is 0.253 e. The molecule has 1 atom stereocenters. The molecule has 4 nitrogen and oxygen atoms in total. The van der Waals surface area contributed by atoms with Crippen LogP contribution in [0.1, 0.15) is 28.2 Å². The monoisotopic (exact) mass is 359 g/mol. The zero-order chi connectivity index (χ0) is 18.8. The average Bonchev–Trinajstić information content (AvgIpc) is 3.29. The number of para-hydroxylation sites is 1. The molecule has 1 aliphatic heterocycles. The summed E-state index contributed by atoms with van der Waals surface area (Å²) < 4.78 is 2.20. The van der Waals surface area contributed by atoms with Crippen LogP contribution in [0.4, 0.5) is 5.69 Å². The molecule has 0 spiro atoms. The molecule has 0 bridgehead atoms. The highest BCUT2D eigenvalue weighted by Crippen LogP contribution is 2.20. The third-order valence-electron chi connectivity index (χ3n) is 5.26. The van der Waals surface area contributed by atoms with Crippen molar-refractivity contribution in [3.8, 4) is 5.69 Å². The number of carbonyl (C=O) groups excluding carboxylic acids is 1. The van der Waals surface area contributed by atoms with E-state index in [1.807, 2.05) is 47.4 Å². The minimum absolute atomic E-state index is 0.111. The first kappa shape index (κ1) is 17.4. The molecule has 1 amide bonds. The Morgan fingerprint density at radius 3 is 2.26 bits per heavy atom. The Balaban J connectivity index is 1.43. The minimum Gasteiger partial charge on any atom is -0.380 e. The molecule has 0 aliphatic carbocycles. The number of aryl methyl sites for hydroxylation is 2. The SMILES string of the molecule is Cc1ccc(C)n1-c1ccc(C(=O)N2CCC(Nc3ccccc3)C2)cc1. The highest BCUT2D eigenvalue weighted by atomic mass is 16.2. The summed E-state index contributed by atoms with van der Waals surface area (Å²) in [5.74, 6) is 0.111. The first-order valence-corrected chi connectivity index (χ1v) is 9.48. The van der Waals surface area contributed by atoms with Crippen molar-refractivity contribution < 1.29 is 4.79 Å². The van der Waals surface area contributed by atoms with Crippen LogP contribution in [0.2, 0.25) is 0 Å². The van der Waals surface area contributed by atoms with Crippen molar-refractivity contribution >= 4 is 11.6 Å². The molecule has 138 valence electrons. The van der Waals surface area contributed by atoms with E-state index in [1.54, 1.807) is 0 Å². The Labute approximate surface area is 160 Å². The normalized spacial score (nSPS) is 16.5. The largest absolute Gasteiger partial charge is 0.380 e. The molecule has 0 saturated carbocycles. The van der Waals surface area contributed by atoms with Gasteiger partial charge in [0.15, 0.2) is 0 Å². The van der Waals surface area contributed by atoms with Crippen molar-refractivity contribution in [1.29, 1.82) is 0 Å². The number of hydrogen-bond acceptors (Lipinski definition) is 2. The lowest BCUT2D eigenvalue weighted by Crippen LogP contribution is -2.31. The van der Waals surface area contributed by atoms with E-state index in [2.05, 4.69) is 48.0 Å². The van der Waals surface area contributed by atoms with Crippen LogP contribution in [0, 0.1) is 13.8 Å². The fourth-order valence-corrected chi connectivity index (χ4v) is 3.84. The first-order valence-electron chi connectivity index (χ1n) is 9.48. The van der Waals surface area contributed by atoms with Crippen LogP contribution in [0.3, 0.4) is 0 Å². The Morgan fingerprint density at radius 1 is 0.926 bits per heavy atom. The zero-order valence-electron chi connectivity index (χ0n) is 15.9. The topological polar surface area (TPSA) is 37.3 Å². The molecule has 1 fully saturated rings. The molecule has 2 aromatic carbocycles. The lowest BCUT2D eigenvalue weighted by atomic mass is 10.1. The number of nitrogens with zero attached hydrogens (tertiary/aromatic N) is 2. The number of nitrogens with one attached hydrogen (secondary N) is 1. The summed E-state index contributed by atoms with van der Waals surface area (Å²) in [6, 6.07) is 22.7. The van der Waals surface area contributed by atoms with E-state index in [-0.39, 0.29) is 5.91 Å². The fraction of sp³-hybridized carbons (Fsp3) is 0.261. The standard InChI is InChI=1S/C23H25N3O/c1-17-8-9-18(2)26(17)22-12-10-19(11-13-22)23(27)25-15-14-21(16-25)24-20-6-4-3-5-7-20/h3-13,21,24H,14-16H2,1-2H3. The van der Waals surface area contributed by atoms with Gasteiger partial charge in [-0.1, -0.05) is 18.2 Å². The molecule has 4 heteroatoms. The number of carbonyl (C=O) groups is 1. The quantitative estimate of drug-likeness (QED) is 0.749. The van der Waals surface area contributed by atoms with Crippen molar-refractivity contribution in [2.75, 3.05) is 18.4 Å². The summed E-state index contributed by atoms with van der Waals surface area (Å²) in [6.45, 7) is 5.72. The van der Waals surface area contributed by atoms with Gasteiger partial charge in [-0.15, -0.1) is 0 Å². The molecule has 1 aliphatic rings. The summed E-state index contributed by atoms with van der Waals surface area (Å²) in [7, 11) is 0. The second-order valence-electron chi connectivity index (χ2n) is 7.25. The number of likely N-dealkylation sites (tertiary alicyclic amines) is 1. The number of aromatic nitrogens is 1. The van der Waals surface area contributed by atoms with Crippen LogP contribution < -0.4 is 5.32 Å². The van der Waals surface area contributed by atoms with E-state index in [9.17, 15) is 4.79 Å². The zero-order valence-corrected chi connectivity index (χ0v) is 15.9. The van der Waals surface area contributed by atoms with Gasteiger partial charge in [0.1, 0.15) is 0 Å². The molecule has 27 heavy (non-hydrogen) atoms. The van der Waals surface area contributed by atoms with Crippen molar-refractivity contribution in [3.63, 3.8) is 0 Å². The van der Waals surface area contributed by atoms with Crippen LogP contribution >= 0.6 is 0 Å². The van der Waals surface area contributed by atoms with E-state index in [0.29, 0.717) is 6.04 Å². The molecule has 1 N–H and O–H groups in total. The van der Waals surface area contributed by atoms with Gasteiger partial charge in [-0.3, -0.25) is 4.79 Å². The number of anilines is 1. The van der Waals surface area contributed by atoms with Crippen molar-refractivity contribution in [1.82, 2.24) is 9.47 Å². The van der Waals surface area contributed by atoms with Crippen LogP contribution in [-0.2, 0) is 0 Å². The summed E-state index contributed by atoms with van der Waals surface area (Å²) in [5, 5.41) is 3.52. The Morgan fingerprint density at radius 2 is 1.59 bits per heavy atom. The lowest BCUT2D eigenvalue weighted by Gasteiger charge is -2.18. The molecular formula is C23H25N3O.